The molecule has 1 aliphatic rings. The van der Waals surface area contributed by atoms with E-state index in [4.69, 9.17) is 0 Å². The van der Waals surface area contributed by atoms with Gasteiger partial charge in [0.1, 0.15) is 5.01 Å². The highest BCUT2D eigenvalue weighted by Gasteiger charge is 2.41. The molecule has 12 heteroatoms. The Morgan fingerprint density at radius 1 is 1.46 bits per heavy atom. The number of nitrogens with one attached hydrogen (secondary N) is 1. The number of hydrogen-bond acceptors (Lipinski definition) is 5. The van der Waals surface area contributed by atoms with Crippen molar-refractivity contribution >= 4 is 51.1 Å². The maximum Gasteiger partial charge on any atom is 0.434 e. The topological polar surface area (TPSA) is 74.7 Å². The minimum atomic E-state index is -4.46. The Morgan fingerprint density at radius 3 is 2.62 bits per heavy atom. The van der Waals surface area contributed by atoms with E-state index in [1.165, 1.54) is 0 Å². The van der Waals surface area contributed by atoms with Gasteiger partial charge < -0.3 is 10.2 Å². The third kappa shape index (κ3) is 5.44. The molecule has 0 aromatic carbocycles. The van der Waals surface area contributed by atoms with Crippen molar-refractivity contribution in [2.45, 2.75) is 38.2 Å². The van der Waals surface area contributed by atoms with Gasteiger partial charge in [0, 0.05) is 25.0 Å². The van der Waals surface area contributed by atoms with Crippen LogP contribution in [0.2, 0.25) is 0 Å². The second-order valence-corrected chi connectivity index (χ2v) is 9.98. The molecule has 0 bridgehead atoms. The number of aromatic nitrogens is 1. The smallest absolute Gasteiger partial charge is 0.357 e. The summed E-state index contributed by atoms with van der Waals surface area (Å²) in [7, 11) is -3.18. The Labute approximate surface area is 172 Å². The first-order valence-corrected chi connectivity index (χ1v) is 10.3. The van der Waals surface area contributed by atoms with Crippen molar-refractivity contribution in [2.24, 2.45) is 4.99 Å². The van der Waals surface area contributed by atoms with E-state index in [1.54, 1.807) is 13.8 Å². The average Bonchev–Trinajstić information content (AvgIpc) is 2.95. The summed E-state index contributed by atoms with van der Waals surface area (Å²) in [4.78, 5) is 9.71. The van der Waals surface area contributed by atoms with E-state index in [2.05, 4.69) is 15.3 Å². The lowest BCUT2D eigenvalue weighted by Gasteiger charge is -2.39. The number of aliphatic imine (C=N–C) groups is 1. The van der Waals surface area contributed by atoms with Gasteiger partial charge in [0.05, 0.1) is 17.0 Å². The Balaban J connectivity index is 0.00000338. The lowest BCUT2D eigenvalue weighted by atomic mass is 10.2. The first-order valence-electron chi connectivity index (χ1n) is 7.73. The minimum Gasteiger partial charge on any atom is -0.357 e. The van der Waals surface area contributed by atoms with Crippen molar-refractivity contribution in [1.29, 1.82) is 0 Å². The van der Waals surface area contributed by atoms with Crippen LogP contribution in [-0.4, -0.2) is 54.4 Å². The summed E-state index contributed by atoms with van der Waals surface area (Å²) in [5.41, 5.74) is -0.919. The molecule has 0 amide bonds. The fourth-order valence-corrected chi connectivity index (χ4v) is 4.50. The van der Waals surface area contributed by atoms with Gasteiger partial charge >= 0.3 is 6.18 Å². The molecule has 0 unspecified atom stereocenters. The third-order valence-corrected chi connectivity index (χ3v) is 7.25. The number of thiazole rings is 1. The molecule has 1 aliphatic heterocycles. The predicted octanol–water partition coefficient (Wildman–Crippen LogP) is 2.75. The quantitative estimate of drug-likeness (QED) is 0.373. The normalized spacial score (nSPS) is 19.8. The van der Waals surface area contributed by atoms with E-state index in [9.17, 15) is 21.6 Å². The number of hydrogen-bond donors (Lipinski definition) is 1. The van der Waals surface area contributed by atoms with Crippen LogP contribution >= 0.6 is 35.3 Å². The van der Waals surface area contributed by atoms with Gasteiger partial charge in [-0.2, -0.15) is 13.2 Å². The fraction of sp³-hybridized carbons (Fsp3) is 0.714. The van der Waals surface area contributed by atoms with Crippen molar-refractivity contribution in [3.05, 3.63) is 16.1 Å². The van der Waals surface area contributed by atoms with Crippen LogP contribution in [0.3, 0.4) is 0 Å². The predicted molar refractivity (Wildman–Crippen MR) is 107 cm³/mol. The molecule has 6 nitrogen and oxygen atoms in total. The van der Waals surface area contributed by atoms with Crippen LogP contribution < -0.4 is 5.32 Å². The summed E-state index contributed by atoms with van der Waals surface area (Å²) in [6.45, 7) is 6.33. The Morgan fingerprint density at radius 2 is 2.12 bits per heavy atom. The fourth-order valence-electron chi connectivity index (χ4n) is 2.41. The number of alkyl halides is 3. The zero-order chi connectivity index (χ0) is 18.9. The summed E-state index contributed by atoms with van der Waals surface area (Å²) in [5.74, 6) is 0.495. The van der Waals surface area contributed by atoms with Crippen molar-refractivity contribution in [3.8, 4) is 0 Å². The molecular formula is C14H22F3IN4O2S2. The SMILES string of the molecule is CCNC(=NCc1nc(C(F)(F)F)cs1)N1CCS(=O)(=O)C(C)(C)C1.I. The second-order valence-electron chi connectivity index (χ2n) is 6.29. The standard InChI is InChI=1S/C14H21F3N4O2S2.HI/c1-4-18-12(21-5-6-25(22,23)13(2,3)9-21)19-7-11-20-10(8-24-11)14(15,16)17;/h8H,4-7,9H2,1-3H3,(H,18,19);1H. The highest BCUT2D eigenvalue weighted by atomic mass is 127. The van der Waals surface area contributed by atoms with Gasteiger partial charge in [0.2, 0.25) is 0 Å². The molecule has 1 aromatic heterocycles. The maximum absolute atomic E-state index is 12.6. The molecule has 1 N–H and O–H groups in total. The molecule has 1 aromatic rings. The van der Waals surface area contributed by atoms with Crippen molar-refractivity contribution in [2.75, 3.05) is 25.4 Å². The molecule has 0 aliphatic carbocycles. The Bertz CT molecular complexity index is 748. The van der Waals surface area contributed by atoms with Crippen LogP contribution in [0.5, 0.6) is 0 Å². The summed E-state index contributed by atoms with van der Waals surface area (Å²) >= 11 is 0.902. The van der Waals surface area contributed by atoms with Crippen LogP contribution in [0, 0.1) is 0 Å². The minimum absolute atomic E-state index is 0. The van der Waals surface area contributed by atoms with Crippen LogP contribution in [0.25, 0.3) is 0 Å². The van der Waals surface area contributed by atoms with Crippen molar-refractivity contribution in [1.82, 2.24) is 15.2 Å². The number of halogens is 4. The summed E-state index contributed by atoms with van der Waals surface area (Å²) in [6, 6.07) is 0. The number of rotatable bonds is 3. The van der Waals surface area contributed by atoms with E-state index in [1.807, 2.05) is 11.8 Å². The average molecular weight is 526 g/mol. The molecule has 0 radical (unpaired) electrons. The van der Waals surface area contributed by atoms with E-state index in [0.29, 0.717) is 19.0 Å². The first kappa shape index (κ1) is 23.4. The van der Waals surface area contributed by atoms with E-state index in [-0.39, 0.29) is 47.8 Å². The monoisotopic (exact) mass is 526 g/mol. The lowest BCUT2D eigenvalue weighted by molar-refractivity contribution is -0.140. The molecule has 0 atom stereocenters. The summed E-state index contributed by atoms with van der Waals surface area (Å²) in [6.07, 6.45) is -4.46. The van der Waals surface area contributed by atoms with Gasteiger partial charge in [0.15, 0.2) is 21.5 Å². The zero-order valence-corrected chi connectivity index (χ0v) is 18.6. The van der Waals surface area contributed by atoms with E-state index < -0.39 is 26.5 Å². The highest BCUT2D eigenvalue weighted by molar-refractivity contribution is 14.0. The van der Waals surface area contributed by atoms with Gasteiger partial charge in [-0.05, 0) is 20.8 Å². The summed E-state index contributed by atoms with van der Waals surface area (Å²) < 4.78 is 61.1. The zero-order valence-electron chi connectivity index (χ0n) is 14.6. The molecule has 26 heavy (non-hydrogen) atoms. The van der Waals surface area contributed by atoms with Crippen LogP contribution in [0.4, 0.5) is 13.2 Å². The van der Waals surface area contributed by atoms with Gasteiger partial charge in [-0.3, -0.25) is 0 Å². The second kappa shape index (κ2) is 8.59. The number of sulfone groups is 1. The van der Waals surface area contributed by atoms with Crippen molar-refractivity contribution in [3.63, 3.8) is 0 Å². The molecular weight excluding hydrogens is 504 g/mol. The summed E-state index contributed by atoms with van der Waals surface area (Å²) in [5, 5.41) is 4.28. The lowest BCUT2D eigenvalue weighted by Crippen LogP contribution is -2.57. The van der Waals surface area contributed by atoms with Gasteiger partial charge in [-0.15, -0.1) is 35.3 Å². The molecule has 1 saturated heterocycles. The first-order chi connectivity index (χ1) is 11.5. The number of guanidine groups is 1. The van der Waals surface area contributed by atoms with Gasteiger partial charge in [0.25, 0.3) is 0 Å². The molecule has 0 spiro atoms. The van der Waals surface area contributed by atoms with Crippen LogP contribution in [-0.2, 0) is 22.6 Å². The Kier molecular flexibility index (Phi) is 7.73. The van der Waals surface area contributed by atoms with E-state index in [0.717, 1.165) is 16.7 Å². The Hall–Kier alpha value is -0.630. The molecule has 2 heterocycles. The van der Waals surface area contributed by atoms with Crippen molar-refractivity contribution < 1.29 is 21.6 Å². The molecule has 150 valence electrons. The van der Waals surface area contributed by atoms with Gasteiger partial charge in [-0.25, -0.2) is 18.4 Å². The molecule has 0 saturated carbocycles. The molecule has 1 fully saturated rings. The van der Waals surface area contributed by atoms with E-state index >= 15 is 0 Å². The third-order valence-electron chi connectivity index (χ3n) is 3.88. The highest BCUT2D eigenvalue weighted by Crippen LogP contribution is 2.30. The largest absolute Gasteiger partial charge is 0.434 e. The number of nitrogens with zero attached hydrogens (tertiary/aromatic N) is 3. The van der Waals surface area contributed by atoms with Gasteiger partial charge in [-0.1, -0.05) is 0 Å². The maximum atomic E-state index is 12.6. The molecule has 2 rings (SSSR count). The van der Waals surface area contributed by atoms with Crippen LogP contribution in [0.15, 0.2) is 10.4 Å². The van der Waals surface area contributed by atoms with Crippen LogP contribution in [0.1, 0.15) is 31.5 Å².